The number of hydrogen-bond acceptors (Lipinski definition) is 6. The van der Waals surface area contributed by atoms with Gasteiger partial charge in [-0.2, -0.15) is 0 Å². The van der Waals surface area contributed by atoms with E-state index >= 15 is 0 Å². The van der Waals surface area contributed by atoms with Gasteiger partial charge in [0.15, 0.2) is 6.10 Å². The number of urea groups is 1. The van der Waals surface area contributed by atoms with Gasteiger partial charge in [0.1, 0.15) is 4.90 Å². The van der Waals surface area contributed by atoms with Crippen LogP contribution in [0.25, 0.3) is 0 Å². The minimum Gasteiger partial charge on any atom is -0.449 e. The second-order valence-electron chi connectivity index (χ2n) is 6.05. The minimum atomic E-state index is -3.95. The molecule has 1 atom stereocenters. The highest BCUT2D eigenvalue weighted by atomic mass is 35.5. The van der Waals surface area contributed by atoms with Gasteiger partial charge in [-0.05, 0) is 38.8 Å². The van der Waals surface area contributed by atoms with Gasteiger partial charge in [-0.3, -0.25) is 10.1 Å². The van der Waals surface area contributed by atoms with E-state index in [1.807, 2.05) is 5.32 Å². The van der Waals surface area contributed by atoms with Gasteiger partial charge in [0.25, 0.3) is 5.91 Å². The first-order valence-electron chi connectivity index (χ1n) is 8.36. The van der Waals surface area contributed by atoms with Crippen molar-refractivity contribution in [2.45, 2.75) is 43.7 Å². The maximum Gasteiger partial charge on any atom is 0.340 e. The van der Waals surface area contributed by atoms with E-state index in [1.54, 1.807) is 6.92 Å². The predicted molar refractivity (Wildman–Crippen MR) is 102 cm³/mol. The lowest BCUT2D eigenvalue weighted by atomic mass is 10.2. The smallest absolute Gasteiger partial charge is 0.340 e. The zero-order valence-corrected chi connectivity index (χ0v) is 17.4. The van der Waals surface area contributed by atoms with Crippen molar-refractivity contribution < 1.29 is 27.5 Å². The third-order valence-electron chi connectivity index (χ3n) is 3.66. The zero-order valence-electron chi connectivity index (χ0n) is 15.0. The molecule has 0 bridgehead atoms. The molecule has 12 heteroatoms. The molecule has 154 valence electrons. The molecule has 9 nitrogen and oxygen atoms in total. The summed E-state index contributed by atoms with van der Waals surface area (Å²) in [4.78, 5) is 35.3. The lowest BCUT2D eigenvalue weighted by Crippen LogP contribution is -2.44. The third kappa shape index (κ3) is 5.81. The number of esters is 1. The Morgan fingerprint density at radius 2 is 1.86 bits per heavy atom. The summed E-state index contributed by atoms with van der Waals surface area (Å²) in [5.74, 6) is -1.89. The number of carbonyl (C=O) groups is 3. The van der Waals surface area contributed by atoms with E-state index in [-0.39, 0.29) is 26.5 Å². The van der Waals surface area contributed by atoms with Gasteiger partial charge in [-0.25, -0.2) is 22.7 Å². The van der Waals surface area contributed by atoms with Crippen molar-refractivity contribution in [3.63, 3.8) is 0 Å². The van der Waals surface area contributed by atoms with Crippen molar-refractivity contribution in [3.8, 4) is 0 Å². The molecule has 1 unspecified atom stereocenters. The summed E-state index contributed by atoms with van der Waals surface area (Å²) in [7, 11) is -3.95. The van der Waals surface area contributed by atoms with Gasteiger partial charge >= 0.3 is 12.0 Å². The van der Waals surface area contributed by atoms with Crippen molar-refractivity contribution in [1.82, 2.24) is 15.4 Å². The average molecular weight is 452 g/mol. The normalized spacial score (nSPS) is 14.9. The Hall–Kier alpha value is -1.88. The van der Waals surface area contributed by atoms with E-state index in [9.17, 15) is 22.8 Å². The molecule has 1 aliphatic carbocycles. The van der Waals surface area contributed by atoms with Gasteiger partial charge in [-0.1, -0.05) is 23.2 Å². The number of rotatable bonds is 7. The first-order chi connectivity index (χ1) is 13.0. The number of amides is 3. The number of hydrogen-bond donors (Lipinski definition) is 3. The fraction of sp³-hybridized carbons (Fsp3) is 0.438. The second kappa shape index (κ2) is 9.08. The number of halogens is 2. The highest BCUT2D eigenvalue weighted by Crippen LogP contribution is 2.31. The van der Waals surface area contributed by atoms with Crippen molar-refractivity contribution in [1.29, 1.82) is 0 Å². The molecule has 2 rings (SSSR count). The first-order valence-corrected chi connectivity index (χ1v) is 10.6. The molecule has 1 aliphatic rings. The molecular weight excluding hydrogens is 433 g/mol. The molecular formula is C16H19Cl2N3O6S. The van der Waals surface area contributed by atoms with Crippen LogP contribution in [0.4, 0.5) is 4.79 Å². The van der Waals surface area contributed by atoms with Gasteiger partial charge in [0.05, 0.1) is 15.6 Å². The Morgan fingerprint density at radius 3 is 2.43 bits per heavy atom. The quantitative estimate of drug-likeness (QED) is 0.541. The van der Waals surface area contributed by atoms with Crippen LogP contribution in [0.15, 0.2) is 17.0 Å². The minimum absolute atomic E-state index is 0.142. The van der Waals surface area contributed by atoms with E-state index in [2.05, 4.69) is 10.0 Å². The highest BCUT2D eigenvalue weighted by molar-refractivity contribution is 7.89. The number of ether oxygens (including phenoxy) is 1. The summed E-state index contributed by atoms with van der Waals surface area (Å²) in [6, 6.07) is 1.21. The monoisotopic (exact) mass is 451 g/mol. The Balaban J connectivity index is 2.17. The van der Waals surface area contributed by atoms with Crippen LogP contribution in [-0.2, 0) is 19.6 Å². The Labute approximate surface area is 172 Å². The van der Waals surface area contributed by atoms with Crippen LogP contribution in [0, 0.1) is 0 Å². The number of benzene rings is 1. The number of sulfonamides is 1. The standard InChI is InChI=1S/C16H19Cl2N3O6S/c1-3-19-16(24)20-14(22)8(2)27-15(23)10-6-13(12(18)7-11(10)17)28(25,26)21-9-4-5-9/h6-9,21H,3-5H2,1-2H3,(H2,19,20,22,24). The molecule has 1 fully saturated rings. The van der Waals surface area contributed by atoms with Gasteiger partial charge in [0.2, 0.25) is 10.0 Å². The number of imide groups is 1. The van der Waals surface area contributed by atoms with E-state index < -0.39 is 34.0 Å². The maximum atomic E-state index is 12.4. The van der Waals surface area contributed by atoms with Gasteiger partial charge in [-0.15, -0.1) is 0 Å². The Kier molecular flexibility index (Phi) is 7.27. The predicted octanol–water partition coefficient (Wildman–Crippen LogP) is 1.83. The molecule has 0 radical (unpaired) electrons. The second-order valence-corrected chi connectivity index (χ2v) is 8.55. The lowest BCUT2D eigenvalue weighted by Gasteiger charge is -2.15. The molecule has 0 saturated heterocycles. The topological polar surface area (TPSA) is 131 Å². The van der Waals surface area contributed by atoms with Crippen molar-refractivity contribution in [3.05, 3.63) is 27.7 Å². The van der Waals surface area contributed by atoms with Gasteiger partial charge < -0.3 is 10.1 Å². The van der Waals surface area contributed by atoms with E-state index in [0.29, 0.717) is 6.54 Å². The largest absolute Gasteiger partial charge is 0.449 e. The molecule has 0 aliphatic heterocycles. The Morgan fingerprint density at radius 1 is 1.21 bits per heavy atom. The fourth-order valence-electron chi connectivity index (χ4n) is 2.07. The summed E-state index contributed by atoms with van der Waals surface area (Å²) < 4.78 is 32.2. The highest BCUT2D eigenvalue weighted by Gasteiger charge is 2.31. The maximum absolute atomic E-state index is 12.4. The number of carbonyl (C=O) groups excluding carboxylic acids is 3. The summed E-state index contributed by atoms with van der Waals surface area (Å²) >= 11 is 12.0. The van der Waals surface area contributed by atoms with Crippen LogP contribution in [-0.4, -0.2) is 45.0 Å². The molecule has 1 aromatic carbocycles. The first kappa shape index (κ1) is 22.4. The average Bonchev–Trinajstić information content (AvgIpc) is 3.37. The molecule has 28 heavy (non-hydrogen) atoms. The summed E-state index contributed by atoms with van der Waals surface area (Å²) in [5.41, 5.74) is -0.278. The summed E-state index contributed by atoms with van der Waals surface area (Å²) in [6.07, 6.45) is 0.112. The summed E-state index contributed by atoms with van der Waals surface area (Å²) in [5, 5.41) is 4.06. The van der Waals surface area contributed by atoms with E-state index in [1.165, 1.54) is 6.92 Å². The SMILES string of the molecule is CCNC(=O)NC(=O)C(C)OC(=O)c1cc(S(=O)(=O)NC2CC2)c(Cl)cc1Cl. The fourth-order valence-corrected chi connectivity index (χ4v) is 4.23. The van der Waals surface area contributed by atoms with Crippen molar-refractivity contribution in [2.75, 3.05) is 6.54 Å². The zero-order chi connectivity index (χ0) is 21.1. The Bertz CT molecular complexity index is 902. The molecule has 1 aromatic rings. The van der Waals surface area contributed by atoms with Crippen molar-refractivity contribution >= 4 is 51.1 Å². The molecule has 0 spiro atoms. The molecule has 3 amide bonds. The summed E-state index contributed by atoms with van der Waals surface area (Å²) in [6.45, 7) is 3.22. The van der Waals surface area contributed by atoms with E-state index in [4.69, 9.17) is 27.9 Å². The number of nitrogens with one attached hydrogen (secondary N) is 3. The molecule has 0 aromatic heterocycles. The van der Waals surface area contributed by atoms with Crippen LogP contribution >= 0.6 is 23.2 Å². The van der Waals surface area contributed by atoms with Crippen LogP contribution in [0.1, 0.15) is 37.0 Å². The van der Waals surface area contributed by atoms with Crippen LogP contribution in [0.2, 0.25) is 10.0 Å². The van der Waals surface area contributed by atoms with E-state index in [0.717, 1.165) is 25.0 Å². The van der Waals surface area contributed by atoms with Gasteiger partial charge in [0, 0.05) is 12.6 Å². The van der Waals surface area contributed by atoms with Crippen LogP contribution in [0.3, 0.4) is 0 Å². The molecule has 1 saturated carbocycles. The van der Waals surface area contributed by atoms with Crippen LogP contribution in [0.5, 0.6) is 0 Å². The third-order valence-corrected chi connectivity index (χ3v) is 5.96. The lowest BCUT2D eigenvalue weighted by molar-refractivity contribution is -0.127. The molecule has 0 heterocycles. The molecule has 3 N–H and O–H groups in total. The van der Waals surface area contributed by atoms with Crippen LogP contribution < -0.4 is 15.4 Å². The van der Waals surface area contributed by atoms with Crippen molar-refractivity contribution in [2.24, 2.45) is 0 Å².